The first kappa shape index (κ1) is 19.5. The van der Waals surface area contributed by atoms with Crippen molar-refractivity contribution in [3.8, 4) is 5.75 Å². The average molecular weight is 379 g/mol. The van der Waals surface area contributed by atoms with Gasteiger partial charge in [0.2, 0.25) is 5.91 Å². The molecule has 0 atom stereocenters. The number of rotatable bonds is 6. The number of urea groups is 1. The Morgan fingerprint density at radius 2 is 1.64 bits per heavy atom. The molecule has 0 saturated carbocycles. The number of nitrogens with one attached hydrogen (secondary N) is 2. The molecule has 3 rings (SSSR count). The number of hydrogen-bond donors (Lipinski definition) is 2. The summed E-state index contributed by atoms with van der Waals surface area (Å²) in [5, 5.41) is 5.71. The number of hydrogen-bond acceptors (Lipinski definition) is 3. The monoisotopic (exact) mass is 379 g/mol. The molecule has 2 N–H and O–H groups in total. The zero-order chi connectivity index (χ0) is 19.8. The van der Waals surface area contributed by atoms with Crippen LogP contribution < -0.4 is 15.4 Å². The van der Waals surface area contributed by atoms with Crippen molar-refractivity contribution in [1.29, 1.82) is 0 Å². The van der Waals surface area contributed by atoms with Crippen LogP contribution in [-0.2, 0) is 4.79 Å². The minimum absolute atomic E-state index is 0.135. The van der Waals surface area contributed by atoms with Gasteiger partial charge in [0, 0.05) is 19.2 Å². The average Bonchev–Trinajstić information content (AvgIpc) is 3.24. The lowest BCUT2D eigenvalue weighted by molar-refractivity contribution is -0.111. The Kier molecular flexibility index (Phi) is 6.68. The quantitative estimate of drug-likeness (QED) is 0.733. The fourth-order valence-electron chi connectivity index (χ4n) is 3.00. The van der Waals surface area contributed by atoms with Gasteiger partial charge in [-0.05, 0) is 55.7 Å². The molecule has 0 bridgehead atoms. The molecule has 0 unspecified atom stereocenters. The van der Waals surface area contributed by atoms with Crippen LogP contribution in [0.3, 0.4) is 0 Å². The van der Waals surface area contributed by atoms with Crippen LogP contribution in [0.5, 0.6) is 5.75 Å². The summed E-state index contributed by atoms with van der Waals surface area (Å²) in [4.78, 5) is 26.4. The van der Waals surface area contributed by atoms with Crippen LogP contribution in [0.4, 0.5) is 16.2 Å². The van der Waals surface area contributed by atoms with Gasteiger partial charge in [-0.2, -0.15) is 0 Å². The van der Waals surface area contributed by atoms with Gasteiger partial charge in [-0.3, -0.25) is 4.79 Å². The van der Waals surface area contributed by atoms with Crippen LogP contribution in [0.15, 0.2) is 54.6 Å². The summed E-state index contributed by atoms with van der Waals surface area (Å²) >= 11 is 0. The van der Waals surface area contributed by atoms with Gasteiger partial charge in [0.15, 0.2) is 0 Å². The minimum Gasteiger partial charge on any atom is -0.494 e. The van der Waals surface area contributed by atoms with Crippen LogP contribution >= 0.6 is 0 Å². The van der Waals surface area contributed by atoms with Gasteiger partial charge < -0.3 is 20.3 Å². The lowest BCUT2D eigenvalue weighted by Gasteiger charge is -2.18. The van der Waals surface area contributed by atoms with Gasteiger partial charge in [-0.15, -0.1) is 0 Å². The van der Waals surface area contributed by atoms with E-state index in [1.54, 1.807) is 23.1 Å². The van der Waals surface area contributed by atoms with E-state index in [1.807, 2.05) is 43.3 Å². The number of carbonyl (C=O) groups is 2. The third-order valence-electron chi connectivity index (χ3n) is 4.44. The van der Waals surface area contributed by atoms with E-state index in [1.165, 1.54) is 6.08 Å². The van der Waals surface area contributed by atoms with Crippen molar-refractivity contribution >= 4 is 29.4 Å². The topological polar surface area (TPSA) is 70.7 Å². The van der Waals surface area contributed by atoms with E-state index in [-0.39, 0.29) is 11.9 Å². The number of nitrogens with zero attached hydrogens (tertiary/aromatic N) is 1. The summed E-state index contributed by atoms with van der Waals surface area (Å²) in [5.74, 6) is 0.531. The Morgan fingerprint density at radius 3 is 2.29 bits per heavy atom. The third-order valence-corrected chi connectivity index (χ3v) is 4.44. The second-order valence-electron chi connectivity index (χ2n) is 6.49. The van der Waals surface area contributed by atoms with Crippen molar-refractivity contribution in [3.05, 3.63) is 60.2 Å². The molecule has 2 aromatic rings. The van der Waals surface area contributed by atoms with Crippen LogP contribution in [0.25, 0.3) is 6.08 Å². The number of ether oxygens (including phenoxy) is 1. The van der Waals surface area contributed by atoms with Gasteiger partial charge in [0.1, 0.15) is 5.75 Å². The van der Waals surface area contributed by atoms with Crippen molar-refractivity contribution < 1.29 is 14.3 Å². The number of likely N-dealkylation sites (tertiary alicyclic amines) is 1. The number of para-hydroxylation sites is 2. The Hall–Kier alpha value is -3.28. The molecule has 1 fully saturated rings. The Balaban J connectivity index is 1.61. The molecule has 1 saturated heterocycles. The van der Waals surface area contributed by atoms with E-state index in [9.17, 15) is 9.59 Å². The summed E-state index contributed by atoms with van der Waals surface area (Å²) in [5.41, 5.74) is 2.05. The van der Waals surface area contributed by atoms with Crippen molar-refractivity contribution in [2.75, 3.05) is 30.3 Å². The normalized spacial score (nSPS) is 13.5. The highest BCUT2D eigenvalue weighted by molar-refractivity contribution is 6.05. The van der Waals surface area contributed by atoms with Crippen molar-refractivity contribution in [3.63, 3.8) is 0 Å². The molecular weight excluding hydrogens is 354 g/mol. The van der Waals surface area contributed by atoms with E-state index in [0.29, 0.717) is 18.0 Å². The lowest BCUT2D eigenvalue weighted by atomic mass is 10.2. The summed E-state index contributed by atoms with van der Waals surface area (Å²) in [6, 6.07) is 14.6. The van der Waals surface area contributed by atoms with Crippen LogP contribution in [0.1, 0.15) is 25.3 Å². The summed E-state index contributed by atoms with van der Waals surface area (Å²) < 4.78 is 5.41. The van der Waals surface area contributed by atoms with Crippen LogP contribution in [0.2, 0.25) is 0 Å². The van der Waals surface area contributed by atoms with E-state index >= 15 is 0 Å². The number of anilines is 2. The largest absolute Gasteiger partial charge is 0.494 e. The zero-order valence-corrected chi connectivity index (χ0v) is 16.0. The second-order valence-corrected chi connectivity index (χ2v) is 6.49. The summed E-state index contributed by atoms with van der Waals surface area (Å²) in [6.07, 6.45) is 5.26. The lowest BCUT2D eigenvalue weighted by Crippen LogP contribution is -2.32. The Labute approximate surface area is 165 Å². The molecule has 3 amide bonds. The molecule has 6 heteroatoms. The van der Waals surface area contributed by atoms with Gasteiger partial charge >= 0.3 is 6.03 Å². The summed E-state index contributed by atoms with van der Waals surface area (Å²) in [6.45, 7) is 4.09. The SMILES string of the molecule is CCOc1ccc(C=CC(=O)Nc2ccccc2NC(=O)N2CCCC2)cc1. The second kappa shape index (κ2) is 9.60. The Bertz CT molecular complexity index is 840. The minimum atomic E-state index is -0.267. The molecule has 28 heavy (non-hydrogen) atoms. The maximum atomic E-state index is 12.3. The number of amides is 3. The van der Waals surface area contributed by atoms with Gasteiger partial charge in [-0.25, -0.2) is 4.79 Å². The van der Waals surface area contributed by atoms with Crippen LogP contribution in [0, 0.1) is 0 Å². The zero-order valence-electron chi connectivity index (χ0n) is 16.0. The molecule has 1 aliphatic rings. The van der Waals surface area contributed by atoms with E-state index in [2.05, 4.69) is 10.6 Å². The van der Waals surface area contributed by atoms with Crippen molar-refractivity contribution in [2.24, 2.45) is 0 Å². The molecule has 0 aliphatic carbocycles. The number of benzene rings is 2. The van der Waals surface area contributed by atoms with Crippen LogP contribution in [-0.4, -0.2) is 36.5 Å². The van der Waals surface area contributed by atoms with E-state index in [0.717, 1.165) is 37.2 Å². The van der Waals surface area contributed by atoms with E-state index in [4.69, 9.17) is 4.74 Å². The van der Waals surface area contributed by atoms with E-state index < -0.39 is 0 Å². The highest BCUT2D eigenvalue weighted by Gasteiger charge is 2.18. The smallest absolute Gasteiger partial charge is 0.321 e. The maximum absolute atomic E-state index is 12.3. The number of carbonyl (C=O) groups excluding carboxylic acids is 2. The van der Waals surface area contributed by atoms with Gasteiger partial charge in [0.25, 0.3) is 0 Å². The third kappa shape index (κ3) is 5.36. The molecule has 1 aliphatic heterocycles. The molecule has 146 valence electrons. The maximum Gasteiger partial charge on any atom is 0.321 e. The highest BCUT2D eigenvalue weighted by Crippen LogP contribution is 2.22. The van der Waals surface area contributed by atoms with Gasteiger partial charge in [0.05, 0.1) is 18.0 Å². The molecule has 0 spiro atoms. The molecule has 2 aromatic carbocycles. The Morgan fingerprint density at radius 1 is 1.00 bits per heavy atom. The van der Waals surface area contributed by atoms with Gasteiger partial charge in [-0.1, -0.05) is 24.3 Å². The van der Waals surface area contributed by atoms with Crippen molar-refractivity contribution in [2.45, 2.75) is 19.8 Å². The first-order chi connectivity index (χ1) is 13.7. The molecule has 6 nitrogen and oxygen atoms in total. The fraction of sp³-hybridized carbons (Fsp3) is 0.273. The predicted molar refractivity (Wildman–Crippen MR) is 112 cm³/mol. The molecule has 1 heterocycles. The first-order valence-electron chi connectivity index (χ1n) is 9.52. The standard InChI is InChI=1S/C22H25N3O3/c1-2-28-18-12-9-17(10-13-18)11-14-21(26)23-19-7-3-4-8-20(19)24-22(27)25-15-5-6-16-25/h3-4,7-14H,2,5-6,15-16H2,1H3,(H,23,26)(H,24,27). The fourth-order valence-corrected chi connectivity index (χ4v) is 3.00. The highest BCUT2D eigenvalue weighted by atomic mass is 16.5. The molecule has 0 radical (unpaired) electrons. The molecule has 0 aromatic heterocycles. The van der Waals surface area contributed by atoms with Crippen molar-refractivity contribution in [1.82, 2.24) is 4.90 Å². The first-order valence-corrected chi connectivity index (χ1v) is 9.52. The summed E-state index contributed by atoms with van der Waals surface area (Å²) in [7, 11) is 0. The molecular formula is C22H25N3O3. The predicted octanol–water partition coefficient (Wildman–Crippen LogP) is 4.36.